The number of imide groups is 1. The summed E-state index contributed by atoms with van der Waals surface area (Å²) in [5, 5.41) is 4.50. The highest BCUT2D eigenvalue weighted by Gasteiger charge is 2.53. The molecule has 0 unspecified atom stereocenters. The third-order valence-corrected chi connectivity index (χ3v) is 5.82. The van der Waals surface area contributed by atoms with Crippen molar-refractivity contribution in [3.05, 3.63) is 24.2 Å². The van der Waals surface area contributed by atoms with Crippen molar-refractivity contribution >= 4 is 35.6 Å². The van der Waals surface area contributed by atoms with Crippen molar-refractivity contribution in [2.24, 2.45) is 0 Å². The molecule has 10 heteroatoms. The molecule has 0 aromatic carbocycles. The van der Waals surface area contributed by atoms with E-state index in [1.807, 2.05) is 6.92 Å². The fourth-order valence-corrected chi connectivity index (χ4v) is 4.43. The number of furan rings is 1. The summed E-state index contributed by atoms with van der Waals surface area (Å²) in [6.07, 6.45) is 2.57. The number of urea groups is 1. The van der Waals surface area contributed by atoms with Gasteiger partial charge in [-0.2, -0.15) is 0 Å². The van der Waals surface area contributed by atoms with Gasteiger partial charge in [0.15, 0.2) is 6.61 Å². The minimum absolute atomic E-state index is 0.0822. The summed E-state index contributed by atoms with van der Waals surface area (Å²) in [4.78, 5) is 48.7. The SMILES string of the molecule is C[C@@]12CCC(=O)N1[C@@H](C(=O)OCC(=O)NC(=O)NCc1ccco1)CS2. The molecule has 1 aromatic rings. The molecular weight excluding hydrogens is 362 g/mol. The Morgan fingerprint density at radius 2 is 2.27 bits per heavy atom. The van der Waals surface area contributed by atoms with Gasteiger partial charge in [0.1, 0.15) is 11.8 Å². The minimum atomic E-state index is -0.753. The first kappa shape index (κ1) is 18.3. The van der Waals surface area contributed by atoms with Crippen molar-refractivity contribution in [1.82, 2.24) is 15.5 Å². The van der Waals surface area contributed by atoms with Crippen molar-refractivity contribution in [1.29, 1.82) is 0 Å². The summed E-state index contributed by atoms with van der Waals surface area (Å²) < 4.78 is 10.0. The molecule has 140 valence electrons. The number of thioether (sulfide) groups is 1. The van der Waals surface area contributed by atoms with Crippen LogP contribution in [0.4, 0.5) is 4.79 Å². The first-order chi connectivity index (χ1) is 12.4. The van der Waals surface area contributed by atoms with Gasteiger partial charge in [-0.05, 0) is 25.5 Å². The van der Waals surface area contributed by atoms with Crippen LogP contribution in [0.1, 0.15) is 25.5 Å². The molecule has 2 N–H and O–H groups in total. The Morgan fingerprint density at radius 3 is 3.00 bits per heavy atom. The lowest BCUT2D eigenvalue weighted by atomic mass is 10.2. The molecule has 0 bridgehead atoms. The Hall–Kier alpha value is -2.49. The van der Waals surface area contributed by atoms with Gasteiger partial charge >= 0.3 is 12.0 Å². The smallest absolute Gasteiger partial charge is 0.330 e. The highest BCUT2D eigenvalue weighted by Crippen LogP contribution is 2.47. The van der Waals surface area contributed by atoms with E-state index in [0.29, 0.717) is 24.4 Å². The summed E-state index contributed by atoms with van der Waals surface area (Å²) in [7, 11) is 0. The molecule has 2 fully saturated rings. The van der Waals surface area contributed by atoms with Crippen LogP contribution in [0.2, 0.25) is 0 Å². The lowest BCUT2D eigenvalue weighted by Crippen LogP contribution is -2.47. The van der Waals surface area contributed by atoms with Gasteiger partial charge < -0.3 is 19.4 Å². The van der Waals surface area contributed by atoms with E-state index in [1.165, 1.54) is 18.0 Å². The average Bonchev–Trinajstić information content (AvgIpc) is 3.29. The molecule has 3 heterocycles. The Bertz CT molecular complexity index is 722. The van der Waals surface area contributed by atoms with Gasteiger partial charge in [-0.15, -0.1) is 11.8 Å². The van der Waals surface area contributed by atoms with E-state index in [1.54, 1.807) is 17.0 Å². The zero-order valence-corrected chi connectivity index (χ0v) is 15.0. The molecule has 0 aliphatic carbocycles. The molecule has 4 amide bonds. The Balaban J connectivity index is 1.42. The number of carbonyl (C=O) groups excluding carboxylic acids is 4. The van der Waals surface area contributed by atoms with Crippen LogP contribution in [0.5, 0.6) is 0 Å². The van der Waals surface area contributed by atoms with Gasteiger partial charge in [-0.1, -0.05) is 0 Å². The maximum Gasteiger partial charge on any atom is 0.330 e. The van der Waals surface area contributed by atoms with Crippen molar-refractivity contribution < 1.29 is 28.3 Å². The van der Waals surface area contributed by atoms with Crippen LogP contribution in [0, 0.1) is 0 Å². The number of carbonyl (C=O) groups is 4. The molecule has 2 atom stereocenters. The van der Waals surface area contributed by atoms with Crippen molar-refractivity contribution in [3.8, 4) is 0 Å². The Morgan fingerprint density at radius 1 is 1.46 bits per heavy atom. The Labute approximate surface area is 153 Å². The van der Waals surface area contributed by atoms with E-state index >= 15 is 0 Å². The lowest BCUT2D eigenvalue weighted by Gasteiger charge is -2.29. The number of ether oxygens (including phenoxy) is 1. The molecule has 2 aliphatic rings. The van der Waals surface area contributed by atoms with Crippen LogP contribution in [0.3, 0.4) is 0 Å². The number of amides is 4. The molecule has 26 heavy (non-hydrogen) atoms. The molecule has 9 nitrogen and oxygen atoms in total. The predicted molar refractivity (Wildman–Crippen MR) is 90.8 cm³/mol. The average molecular weight is 381 g/mol. The summed E-state index contributed by atoms with van der Waals surface area (Å²) in [5.74, 6) is -0.497. The van der Waals surface area contributed by atoms with Crippen molar-refractivity contribution in [2.75, 3.05) is 12.4 Å². The zero-order valence-electron chi connectivity index (χ0n) is 14.1. The Kier molecular flexibility index (Phi) is 5.21. The number of esters is 1. The maximum absolute atomic E-state index is 12.2. The molecule has 1 aromatic heterocycles. The normalized spacial score (nSPS) is 24.3. The predicted octanol–water partition coefficient (Wildman–Crippen LogP) is 0.603. The number of nitrogens with zero attached hydrogens (tertiary/aromatic N) is 1. The number of fused-ring (bicyclic) bond motifs is 1. The highest BCUT2D eigenvalue weighted by atomic mass is 32.2. The van der Waals surface area contributed by atoms with Gasteiger partial charge in [-0.25, -0.2) is 9.59 Å². The van der Waals surface area contributed by atoms with E-state index in [-0.39, 0.29) is 17.3 Å². The lowest BCUT2D eigenvalue weighted by molar-refractivity contribution is -0.156. The van der Waals surface area contributed by atoms with Gasteiger partial charge in [0.05, 0.1) is 17.7 Å². The second kappa shape index (κ2) is 7.40. The van der Waals surface area contributed by atoms with Gasteiger partial charge in [0.2, 0.25) is 5.91 Å². The topological polar surface area (TPSA) is 118 Å². The molecule has 0 saturated carbocycles. The molecular formula is C16H19N3O6S. The number of nitrogens with one attached hydrogen (secondary N) is 2. The van der Waals surface area contributed by atoms with E-state index < -0.39 is 30.6 Å². The van der Waals surface area contributed by atoms with Crippen molar-refractivity contribution in [3.63, 3.8) is 0 Å². The van der Waals surface area contributed by atoms with Crippen LogP contribution in [0.25, 0.3) is 0 Å². The van der Waals surface area contributed by atoms with Crippen molar-refractivity contribution in [2.45, 2.75) is 37.2 Å². The fourth-order valence-electron chi connectivity index (χ4n) is 3.02. The van der Waals surface area contributed by atoms with Crippen LogP contribution in [0.15, 0.2) is 22.8 Å². The monoisotopic (exact) mass is 381 g/mol. The van der Waals surface area contributed by atoms with Crippen LogP contribution in [-0.2, 0) is 25.7 Å². The highest BCUT2D eigenvalue weighted by molar-refractivity contribution is 8.01. The second-order valence-corrected chi connectivity index (χ2v) is 7.68. The number of hydrogen-bond donors (Lipinski definition) is 2. The molecule has 2 saturated heterocycles. The summed E-state index contributed by atoms with van der Waals surface area (Å²) in [6.45, 7) is 1.46. The van der Waals surface area contributed by atoms with Gasteiger partial charge in [0, 0.05) is 12.2 Å². The van der Waals surface area contributed by atoms with Gasteiger partial charge in [0.25, 0.3) is 5.91 Å². The van der Waals surface area contributed by atoms with Gasteiger partial charge in [-0.3, -0.25) is 14.9 Å². The zero-order chi connectivity index (χ0) is 18.7. The summed E-state index contributed by atoms with van der Waals surface area (Å²) >= 11 is 1.54. The first-order valence-electron chi connectivity index (χ1n) is 8.12. The number of rotatable bonds is 5. The summed E-state index contributed by atoms with van der Waals surface area (Å²) in [6, 6.07) is 1.94. The maximum atomic E-state index is 12.2. The number of hydrogen-bond acceptors (Lipinski definition) is 7. The summed E-state index contributed by atoms with van der Waals surface area (Å²) in [5.41, 5.74) is 0. The van der Waals surface area contributed by atoms with E-state index in [0.717, 1.165) is 0 Å². The van der Waals surface area contributed by atoms with Crippen LogP contribution < -0.4 is 10.6 Å². The quantitative estimate of drug-likeness (QED) is 0.717. The molecule has 0 radical (unpaired) electrons. The third kappa shape index (κ3) is 3.85. The van der Waals surface area contributed by atoms with Crippen LogP contribution in [-0.4, -0.2) is 52.0 Å². The van der Waals surface area contributed by atoms with E-state index in [2.05, 4.69) is 10.6 Å². The molecule has 3 rings (SSSR count). The largest absolute Gasteiger partial charge is 0.467 e. The second-order valence-electron chi connectivity index (χ2n) is 6.18. The van der Waals surface area contributed by atoms with Crippen LogP contribution >= 0.6 is 11.8 Å². The minimum Gasteiger partial charge on any atom is -0.467 e. The molecule has 2 aliphatic heterocycles. The van der Waals surface area contributed by atoms with E-state index in [9.17, 15) is 19.2 Å². The van der Waals surface area contributed by atoms with E-state index in [4.69, 9.17) is 9.15 Å². The standard InChI is InChI=1S/C16H19N3O6S/c1-16-5-4-13(21)19(16)11(9-26-16)14(22)25-8-12(20)18-15(23)17-7-10-3-2-6-24-10/h2-3,6,11H,4-5,7-9H2,1H3,(H2,17,18,20,23)/t11-,16-/m1/s1. The fraction of sp³-hybridized carbons (Fsp3) is 0.500. The first-order valence-corrected chi connectivity index (χ1v) is 9.10. The third-order valence-electron chi connectivity index (χ3n) is 4.32. The molecule has 0 spiro atoms.